The van der Waals surface area contributed by atoms with E-state index in [-0.39, 0.29) is 0 Å². The molecule has 1 unspecified atom stereocenters. The molecule has 18 heavy (non-hydrogen) atoms. The molecule has 2 fully saturated rings. The minimum atomic E-state index is 0.508. The summed E-state index contributed by atoms with van der Waals surface area (Å²) in [4.78, 5) is 2.56. The maximum atomic E-state index is 5.72. The van der Waals surface area contributed by atoms with Crippen LogP contribution in [0, 0.1) is 0 Å². The number of rotatable bonds is 7. The first-order chi connectivity index (χ1) is 8.88. The Hall–Kier alpha value is 0.230. The van der Waals surface area contributed by atoms with Gasteiger partial charge in [-0.25, -0.2) is 0 Å². The largest absolute Gasteiger partial charge is 0.377 e. The summed E-state index contributed by atoms with van der Waals surface area (Å²) in [5.74, 6) is 1.28. The predicted octanol–water partition coefficient (Wildman–Crippen LogP) is 1.97. The van der Waals surface area contributed by atoms with Crippen molar-refractivity contribution in [3.05, 3.63) is 0 Å². The molecule has 0 aliphatic carbocycles. The molecule has 2 rings (SSSR count). The molecule has 0 amide bonds. The minimum absolute atomic E-state index is 0.508. The van der Waals surface area contributed by atoms with Crippen LogP contribution in [0.2, 0.25) is 0 Å². The zero-order valence-electron chi connectivity index (χ0n) is 11.7. The molecule has 2 aliphatic heterocycles. The van der Waals surface area contributed by atoms with E-state index in [1.165, 1.54) is 51.1 Å². The van der Waals surface area contributed by atoms with Crippen LogP contribution >= 0.6 is 11.8 Å². The average molecular weight is 272 g/mol. The Labute approximate surface area is 116 Å². The molecule has 0 aromatic carbocycles. The first kappa shape index (κ1) is 14.6. The first-order valence-electron chi connectivity index (χ1n) is 7.54. The lowest BCUT2D eigenvalue weighted by Crippen LogP contribution is -2.34. The number of hydrogen-bond acceptors (Lipinski definition) is 4. The minimum Gasteiger partial charge on any atom is -0.377 e. The van der Waals surface area contributed by atoms with Gasteiger partial charge < -0.3 is 15.0 Å². The van der Waals surface area contributed by atoms with Gasteiger partial charge in [0.1, 0.15) is 0 Å². The van der Waals surface area contributed by atoms with E-state index in [2.05, 4.69) is 28.9 Å². The maximum absolute atomic E-state index is 5.72. The second-order valence-electron chi connectivity index (χ2n) is 5.35. The molecule has 1 N–H and O–H groups in total. The summed E-state index contributed by atoms with van der Waals surface area (Å²) in [5.41, 5.74) is 0. The van der Waals surface area contributed by atoms with E-state index in [0.29, 0.717) is 6.10 Å². The third-order valence-corrected chi connectivity index (χ3v) is 5.34. The van der Waals surface area contributed by atoms with Crippen molar-refractivity contribution in [3.63, 3.8) is 0 Å². The van der Waals surface area contributed by atoms with E-state index < -0.39 is 0 Å². The van der Waals surface area contributed by atoms with Crippen LogP contribution in [0.25, 0.3) is 0 Å². The standard InChI is InChI=1S/C14H28N2OS/c1-2-16(12-13-4-3-10-17-13)9-11-18-14-5-7-15-8-6-14/h13-15H,2-12H2,1H3. The second kappa shape index (κ2) is 8.41. The highest BCUT2D eigenvalue weighted by Gasteiger charge is 2.19. The second-order valence-corrected chi connectivity index (χ2v) is 6.76. The Morgan fingerprint density at radius 1 is 1.28 bits per heavy atom. The predicted molar refractivity (Wildman–Crippen MR) is 79.4 cm³/mol. The van der Waals surface area contributed by atoms with E-state index in [4.69, 9.17) is 4.74 Å². The van der Waals surface area contributed by atoms with Gasteiger partial charge in [0.15, 0.2) is 0 Å². The molecule has 1 atom stereocenters. The van der Waals surface area contributed by atoms with Crippen molar-refractivity contribution in [2.24, 2.45) is 0 Å². The highest BCUT2D eigenvalue weighted by Crippen LogP contribution is 2.20. The monoisotopic (exact) mass is 272 g/mol. The summed E-state index contributed by atoms with van der Waals surface area (Å²) in [6.07, 6.45) is 5.73. The SMILES string of the molecule is CCN(CCSC1CCNCC1)CC1CCCO1. The number of nitrogens with zero attached hydrogens (tertiary/aromatic N) is 1. The van der Waals surface area contributed by atoms with Crippen molar-refractivity contribution >= 4 is 11.8 Å². The highest BCUT2D eigenvalue weighted by molar-refractivity contribution is 7.99. The Kier molecular flexibility index (Phi) is 6.84. The Balaban J connectivity index is 1.57. The maximum Gasteiger partial charge on any atom is 0.0702 e. The molecule has 0 spiro atoms. The van der Waals surface area contributed by atoms with Crippen molar-refractivity contribution in [2.45, 2.75) is 44.0 Å². The van der Waals surface area contributed by atoms with Crippen molar-refractivity contribution < 1.29 is 4.74 Å². The number of nitrogens with one attached hydrogen (secondary N) is 1. The third-order valence-electron chi connectivity index (χ3n) is 3.98. The molecule has 0 aromatic heterocycles. The molecule has 0 bridgehead atoms. The Bertz CT molecular complexity index is 216. The molecule has 2 heterocycles. The van der Waals surface area contributed by atoms with Gasteiger partial charge in [0.2, 0.25) is 0 Å². The Morgan fingerprint density at radius 2 is 2.11 bits per heavy atom. The van der Waals surface area contributed by atoms with Crippen molar-refractivity contribution in [2.75, 3.05) is 45.1 Å². The van der Waals surface area contributed by atoms with Crippen LogP contribution in [0.5, 0.6) is 0 Å². The van der Waals surface area contributed by atoms with Crippen LogP contribution in [-0.4, -0.2) is 61.3 Å². The molecule has 3 nitrogen and oxygen atoms in total. The van der Waals surface area contributed by atoms with Gasteiger partial charge in [0, 0.05) is 30.7 Å². The summed E-state index contributed by atoms with van der Waals surface area (Å²) in [6, 6.07) is 0. The van der Waals surface area contributed by atoms with Gasteiger partial charge in [0.05, 0.1) is 6.10 Å². The molecule has 0 saturated carbocycles. The molecule has 2 saturated heterocycles. The first-order valence-corrected chi connectivity index (χ1v) is 8.59. The molecule has 2 aliphatic rings. The average Bonchev–Trinajstić information content (AvgIpc) is 2.92. The van der Waals surface area contributed by atoms with E-state index in [9.17, 15) is 0 Å². The van der Waals surface area contributed by atoms with Gasteiger partial charge in [-0.3, -0.25) is 0 Å². The van der Waals surface area contributed by atoms with Crippen molar-refractivity contribution in [1.29, 1.82) is 0 Å². The van der Waals surface area contributed by atoms with Crippen molar-refractivity contribution in [1.82, 2.24) is 10.2 Å². The van der Waals surface area contributed by atoms with Gasteiger partial charge in [-0.15, -0.1) is 0 Å². The number of likely N-dealkylation sites (N-methyl/N-ethyl adjacent to an activating group) is 1. The molecular formula is C14H28N2OS. The van der Waals surface area contributed by atoms with E-state index in [1.807, 2.05) is 0 Å². The van der Waals surface area contributed by atoms with Gasteiger partial charge in [0.25, 0.3) is 0 Å². The zero-order chi connectivity index (χ0) is 12.6. The lowest BCUT2D eigenvalue weighted by molar-refractivity contribution is 0.0769. The van der Waals surface area contributed by atoms with E-state index >= 15 is 0 Å². The van der Waals surface area contributed by atoms with Crippen LogP contribution in [0.4, 0.5) is 0 Å². The van der Waals surface area contributed by atoms with Gasteiger partial charge in [-0.05, 0) is 45.3 Å². The lowest BCUT2D eigenvalue weighted by atomic mass is 10.2. The summed E-state index contributed by atoms with van der Waals surface area (Å²) >= 11 is 2.18. The number of thioether (sulfide) groups is 1. The fourth-order valence-corrected chi connectivity index (χ4v) is 4.03. The van der Waals surface area contributed by atoms with Gasteiger partial charge in [-0.1, -0.05) is 6.92 Å². The summed E-state index contributed by atoms with van der Waals surface area (Å²) in [7, 11) is 0. The van der Waals surface area contributed by atoms with Crippen molar-refractivity contribution in [3.8, 4) is 0 Å². The van der Waals surface area contributed by atoms with Crippen LogP contribution < -0.4 is 5.32 Å². The fraction of sp³-hybridized carbons (Fsp3) is 1.00. The summed E-state index contributed by atoms with van der Waals surface area (Å²) < 4.78 is 5.72. The number of ether oxygens (including phenoxy) is 1. The summed E-state index contributed by atoms with van der Waals surface area (Å²) in [6.45, 7) is 9.20. The smallest absolute Gasteiger partial charge is 0.0702 e. The van der Waals surface area contributed by atoms with Crippen LogP contribution in [0.1, 0.15) is 32.6 Å². The normalized spacial score (nSPS) is 26.0. The summed E-state index contributed by atoms with van der Waals surface area (Å²) in [5, 5.41) is 4.33. The number of hydrogen-bond donors (Lipinski definition) is 1. The van der Waals surface area contributed by atoms with E-state index in [0.717, 1.165) is 24.9 Å². The van der Waals surface area contributed by atoms with E-state index in [1.54, 1.807) is 0 Å². The molecule has 106 valence electrons. The topological polar surface area (TPSA) is 24.5 Å². The quantitative estimate of drug-likeness (QED) is 0.766. The number of piperidine rings is 1. The van der Waals surface area contributed by atoms with Gasteiger partial charge in [-0.2, -0.15) is 11.8 Å². The molecular weight excluding hydrogens is 244 g/mol. The third kappa shape index (κ3) is 5.08. The van der Waals surface area contributed by atoms with Crippen LogP contribution in [0.3, 0.4) is 0 Å². The molecule has 4 heteroatoms. The van der Waals surface area contributed by atoms with Gasteiger partial charge >= 0.3 is 0 Å². The van der Waals surface area contributed by atoms with Crippen LogP contribution in [0.15, 0.2) is 0 Å². The molecule has 0 aromatic rings. The highest BCUT2D eigenvalue weighted by atomic mass is 32.2. The lowest BCUT2D eigenvalue weighted by Gasteiger charge is -2.26. The van der Waals surface area contributed by atoms with Crippen LogP contribution in [-0.2, 0) is 4.74 Å². The zero-order valence-corrected chi connectivity index (χ0v) is 12.5. The Morgan fingerprint density at radius 3 is 2.78 bits per heavy atom. The fourth-order valence-electron chi connectivity index (χ4n) is 2.77. The molecule has 0 radical (unpaired) electrons.